The van der Waals surface area contributed by atoms with E-state index >= 15 is 0 Å². The molecule has 126 valence electrons. The molecule has 8 heteroatoms. The van der Waals surface area contributed by atoms with Crippen LogP contribution in [-0.4, -0.2) is 24.0 Å². The molecule has 0 radical (unpaired) electrons. The number of hydrogen-bond acceptors (Lipinski definition) is 5. The van der Waals surface area contributed by atoms with Crippen molar-refractivity contribution in [1.82, 2.24) is 4.98 Å². The van der Waals surface area contributed by atoms with E-state index in [1.54, 1.807) is 13.0 Å². The number of nitrogens with zero attached hydrogens (tertiary/aromatic N) is 2. The molecule has 2 aromatic rings. The average molecular weight is 331 g/mol. The number of nitrogens with one attached hydrogen (secondary N) is 1. The fraction of sp³-hybridized carbons (Fsp3) is 0.188. The summed E-state index contributed by atoms with van der Waals surface area (Å²) in [7, 11) is 1.37. The second-order valence-corrected chi connectivity index (χ2v) is 5.01. The Hall–Kier alpha value is -3.16. The third-order valence-corrected chi connectivity index (χ3v) is 3.25. The van der Waals surface area contributed by atoms with Crippen LogP contribution < -0.4 is 16.8 Å². The smallest absolute Gasteiger partial charge is 0.282 e. The highest BCUT2D eigenvalue weighted by atomic mass is 19.1. The monoisotopic (exact) mass is 331 g/mol. The predicted octanol–water partition coefficient (Wildman–Crippen LogP) is 2.08. The molecule has 1 amide bonds. The van der Waals surface area contributed by atoms with Gasteiger partial charge in [-0.3, -0.25) is 4.79 Å². The number of aliphatic imine (C=N–C) groups is 1. The number of carbonyl (C=O) groups is 1. The van der Waals surface area contributed by atoms with Crippen LogP contribution in [0.15, 0.2) is 41.5 Å². The average Bonchev–Trinajstić information content (AvgIpc) is 2.56. The van der Waals surface area contributed by atoms with Gasteiger partial charge in [-0.2, -0.15) is 0 Å². The molecule has 1 aromatic carbocycles. The summed E-state index contributed by atoms with van der Waals surface area (Å²) in [5, 5.41) is 2.65. The van der Waals surface area contributed by atoms with E-state index in [9.17, 15) is 9.18 Å². The maximum absolute atomic E-state index is 14.0. The molecule has 1 aromatic heterocycles. The zero-order valence-electron chi connectivity index (χ0n) is 13.3. The topological polar surface area (TPSA) is 116 Å². The summed E-state index contributed by atoms with van der Waals surface area (Å²) in [6.07, 6.45) is 1.38. The number of nitrogen functional groups attached to an aromatic ring is 1. The van der Waals surface area contributed by atoms with Crippen LogP contribution in [0, 0.1) is 5.82 Å². The summed E-state index contributed by atoms with van der Waals surface area (Å²) in [5.41, 5.74) is 12.4. The van der Waals surface area contributed by atoms with Gasteiger partial charge in [0, 0.05) is 11.3 Å². The first-order valence-corrected chi connectivity index (χ1v) is 7.10. The first-order chi connectivity index (χ1) is 11.4. The summed E-state index contributed by atoms with van der Waals surface area (Å²) in [4.78, 5) is 20.1. The van der Waals surface area contributed by atoms with Crippen molar-refractivity contribution < 1.29 is 13.9 Å². The Bertz CT molecular complexity index is 762. The van der Waals surface area contributed by atoms with Gasteiger partial charge in [0.05, 0.1) is 25.0 Å². The van der Waals surface area contributed by atoms with Gasteiger partial charge in [-0.25, -0.2) is 14.4 Å². The first kappa shape index (κ1) is 17.2. The Morgan fingerprint density at radius 1 is 1.38 bits per heavy atom. The lowest BCUT2D eigenvalue weighted by atomic mass is 10.1. The van der Waals surface area contributed by atoms with E-state index in [-0.39, 0.29) is 17.3 Å². The molecule has 0 aliphatic heterocycles. The number of aromatic nitrogens is 1. The van der Waals surface area contributed by atoms with Crippen LogP contribution in [0.3, 0.4) is 0 Å². The summed E-state index contributed by atoms with van der Waals surface area (Å²) < 4.78 is 18.8. The molecule has 0 saturated carbocycles. The number of amidine groups is 1. The molecule has 5 N–H and O–H groups in total. The number of methoxy groups -OCH3 is 1. The van der Waals surface area contributed by atoms with Crippen molar-refractivity contribution in [3.05, 3.63) is 53.6 Å². The van der Waals surface area contributed by atoms with E-state index in [1.165, 1.54) is 37.6 Å². The van der Waals surface area contributed by atoms with E-state index in [4.69, 9.17) is 16.2 Å². The number of hydrogen-bond donors (Lipinski definition) is 3. The van der Waals surface area contributed by atoms with E-state index in [0.29, 0.717) is 11.4 Å². The van der Waals surface area contributed by atoms with Gasteiger partial charge >= 0.3 is 0 Å². The van der Waals surface area contributed by atoms with E-state index in [1.807, 2.05) is 0 Å². The third-order valence-electron chi connectivity index (χ3n) is 3.25. The SMILES string of the molecule is CO/C(N)=N/C(C)c1cc(NC(=O)c2ccc(N)cn2)ccc1F. The quantitative estimate of drug-likeness (QED) is 0.586. The molecule has 24 heavy (non-hydrogen) atoms. The highest BCUT2D eigenvalue weighted by molar-refractivity contribution is 6.03. The number of benzene rings is 1. The fourth-order valence-electron chi connectivity index (χ4n) is 1.99. The minimum absolute atomic E-state index is 0.0533. The predicted molar refractivity (Wildman–Crippen MR) is 90.0 cm³/mol. The van der Waals surface area contributed by atoms with Gasteiger partial charge in [0.15, 0.2) is 0 Å². The maximum atomic E-state index is 14.0. The fourth-order valence-corrected chi connectivity index (χ4v) is 1.99. The molecule has 0 spiro atoms. The number of pyridine rings is 1. The van der Waals surface area contributed by atoms with Crippen LogP contribution in [0.5, 0.6) is 0 Å². The highest BCUT2D eigenvalue weighted by Crippen LogP contribution is 2.24. The number of ether oxygens (including phenoxy) is 1. The molecule has 0 fully saturated rings. The van der Waals surface area contributed by atoms with Crippen molar-refractivity contribution in [1.29, 1.82) is 0 Å². The van der Waals surface area contributed by atoms with Crippen LogP contribution in [0.25, 0.3) is 0 Å². The normalized spacial score (nSPS) is 12.5. The standard InChI is InChI=1S/C16H18FN5O2/c1-9(21-16(19)24-2)12-7-11(4-5-13(12)17)22-15(23)14-6-3-10(18)8-20-14/h3-9H,18H2,1-2H3,(H2,19,21)(H,22,23). The number of anilines is 2. The summed E-state index contributed by atoms with van der Waals surface area (Å²) >= 11 is 0. The van der Waals surface area contributed by atoms with Gasteiger partial charge in [-0.15, -0.1) is 0 Å². The second kappa shape index (κ2) is 7.40. The Labute approximate surface area is 138 Å². The zero-order chi connectivity index (χ0) is 17.7. The number of amides is 1. The van der Waals surface area contributed by atoms with E-state index < -0.39 is 17.8 Å². The molecular weight excluding hydrogens is 313 g/mol. The molecule has 0 aliphatic carbocycles. The van der Waals surface area contributed by atoms with Gasteiger partial charge in [-0.05, 0) is 37.3 Å². The van der Waals surface area contributed by atoms with Crippen LogP contribution in [-0.2, 0) is 4.74 Å². The first-order valence-electron chi connectivity index (χ1n) is 7.10. The molecule has 0 saturated heterocycles. The van der Waals surface area contributed by atoms with Crippen molar-refractivity contribution in [2.45, 2.75) is 13.0 Å². The van der Waals surface area contributed by atoms with E-state index in [0.717, 1.165) is 0 Å². The lowest BCUT2D eigenvalue weighted by Crippen LogP contribution is -2.16. The molecule has 1 heterocycles. The number of carbonyl (C=O) groups excluding carboxylic acids is 1. The summed E-state index contributed by atoms with van der Waals surface area (Å²) in [5.74, 6) is -0.890. The van der Waals surface area contributed by atoms with E-state index in [2.05, 4.69) is 15.3 Å². The second-order valence-electron chi connectivity index (χ2n) is 5.01. The van der Waals surface area contributed by atoms with Gasteiger partial charge in [-0.1, -0.05) is 0 Å². The van der Waals surface area contributed by atoms with Crippen molar-refractivity contribution >= 4 is 23.3 Å². The lowest BCUT2D eigenvalue weighted by molar-refractivity contribution is 0.102. The van der Waals surface area contributed by atoms with Crippen molar-refractivity contribution in [2.75, 3.05) is 18.2 Å². The third kappa shape index (κ3) is 4.19. The number of rotatable bonds is 4. The molecule has 1 unspecified atom stereocenters. The highest BCUT2D eigenvalue weighted by Gasteiger charge is 2.14. The Morgan fingerprint density at radius 3 is 2.75 bits per heavy atom. The summed E-state index contributed by atoms with van der Waals surface area (Å²) in [6.45, 7) is 1.66. The van der Waals surface area contributed by atoms with Gasteiger partial charge in [0.2, 0.25) is 0 Å². The Morgan fingerprint density at radius 2 is 2.12 bits per heavy atom. The minimum atomic E-state index is -0.573. The van der Waals surface area contributed by atoms with Crippen molar-refractivity contribution in [3.8, 4) is 0 Å². The van der Waals surface area contributed by atoms with Crippen LogP contribution in [0.4, 0.5) is 15.8 Å². The van der Waals surface area contributed by atoms with Gasteiger partial charge in [0.1, 0.15) is 11.5 Å². The van der Waals surface area contributed by atoms with Crippen molar-refractivity contribution in [2.24, 2.45) is 10.7 Å². The molecule has 0 aliphatic rings. The van der Waals surface area contributed by atoms with Gasteiger partial charge < -0.3 is 21.5 Å². The van der Waals surface area contributed by atoms with Crippen molar-refractivity contribution in [3.63, 3.8) is 0 Å². The summed E-state index contributed by atoms with van der Waals surface area (Å²) in [6, 6.07) is 6.63. The largest absolute Gasteiger partial charge is 0.469 e. The van der Waals surface area contributed by atoms with Gasteiger partial charge in [0.25, 0.3) is 11.9 Å². The van der Waals surface area contributed by atoms with Crippen LogP contribution in [0.2, 0.25) is 0 Å². The number of halogens is 1. The molecule has 1 atom stereocenters. The molecular formula is C16H18FN5O2. The minimum Gasteiger partial charge on any atom is -0.469 e. The molecule has 2 rings (SSSR count). The zero-order valence-corrected chi connectivity index (χ0v) is 13.3. The molecule has 0 bridgehead atoms. The Kier molecular flexibility index (Phi) is 5.31. The van der Waals surface area contributed by atoms with Crippen LogP contribution >= 0.6 is 0 Å². The Balaban J connectivity index is 2.21. The maximum Gasteiger partial charge on any atom is 0.282 e. The molecule has 7 nitrogen and oxygen atoms in total. The lowest BCUT2D eigenvalue weighted by Gasteiger charge is -2.12. The van der Waals surface area contributed by atoms with Crippen LogP contribution in [0.1, 0.15) is 29.0 Å². The number of nitrogens with two attached hydrogens (primary N) is 2.